The van der Waals surface area contributed by atoms with Crippen molar-refractivity contribution in [3.63, 3.8) is 0 Å². The zero-order valence-electron chi connectivity index (χ0n) is 15.5. The van der Waals surface area contributed by atoms with Gasteiger partial charge in [-0.1, -0.05) is 6.07 Å². The Morgan fingerprint density at radius 1 is 1.12 bits per heavy atom. The summed E-state index contributed by atoms with van der Waals surface area (Å²) < 4.78 is 15.1. The van der Waals surface area contributed by atoms with E-state index in [2.05, 4.69) is 0 Å². The van der Waals surface area contributed by atoms with Crippen LogP contribution in [0.4, 0.5) is 5.69 Å². The van der Waals surface area contributed by atoms with Crippen LogP contribution in [-0.4, -0.2) is 64.4 Å². The topological polar surface area (TPSA) is 85.4 Å². The number of carbonyl (C=O) groups excluding carboxylic acids is 3. The Hall–Kier alpha value is -2.87. The number of carbonyl (C=O) groups is 3. The van der Waals surface area contributed by atoms with Gasteiger partial charge in [0.2, 0.25) is 0 Å². The molecule has 0 saturated heterocycles. The van der Waals surface area contributed by atoms with Crippen LogP contribution in [0, 0.1) is 6.92 Å². The molecule has 0 radical (unpaired) electrons. The van der Waals surface area contributed by atoms with Crippen LogP contribution >= 0.6 is 0 Å². The summed E-state index contributed by atoms with van der Waals surface area (Å²) in [7, 11) is 5.78. The molecule has 140 valence electrons. The lowest BCUT2D eigenvalue weighted by Gasteiger charge is -2.32. The summed E-state index contributed by atoms with van der Waals surface area (Å²) in [6, 6.07) is 5.16. The number of amides is 1. The highest BCUT2D eigenvalue weighted by atomic mass is 16.5. The minimum atomic E-state index is -0.683. The molecule has 1 heterocycles. The second-order valence-corrected chi connectivity index (χ2v) is 5.87. The monoisotopic (exact) mass is 362 g/mol. The minimum absolute atomic E-state index is 0.0331. The standard InChI is InChI=1S/C18H22N2O6/c1-11-12(16(21)19(2)3)7-6-8-14(11)20-10-26-9-13(17(22)24-4)15(20)18(23)25-5/h6-8H,9-10H2,1-5H3. The zero-order chi connectivity index (χ0) is 19.4. The molecular formula is C18H22N2O6. The van der Waals surface area contributed by atoms with Crippen molar-refractivity contribution in [3.05, 3.63) is 40.6 Å². The molecule has 1 aromatic rings. The summed E-state index contributed by atoms with van der Waals surface area (Å²) in [6.07, 6.45) is 0. The van der Waals surface area contributed by atoms with Crippen LogP contribution in [0.25, 0.3) is 0 Å². The maximum Gasteiger partial charge on any atom is 0.355 e. The van der Waals surface area contributed by atoms with E-state index in [0.29, 0.717) is 16.8 Å². The van der Waals surface area contributed by atoms with E-state index in [1.54, 1.807) is 39.2 Å². The summed E-state index contributed by atoms with van der Waals surface area (Å²) in [5, 5.41) is 0. The number of anilines is 1. The van der Waals surface area contributed by atoms with Gasteiger partial charge in [0.1, 0.15) is 12.4 Å². The number of hydrogen-bond acceptors (Lipinski definition) is 7. The lowest BCUT2D eigenvalue weighted by Crippen LogP contribution is -2.39. The van der Waals surface area contributed by atoms with Gasteiger partial charge in [-0.3, -0.25) is 4.79 Å². The van der Waals surface area contributed by atoms with Crippen molar-refractivity contribution in [2.45, 2.75) is 6.92 Å². The fourth-order valence-corrected chi connectivity index (χ4v) is 2.72. The molecule has 0 saturated carbocycles. The van der Waals surface area contributed by atoms with E-state index < -0.39 is 11.9 Å². The third-order valence-electron chi connectivity index (χ3n) is 4.07. The Kier molecular flexibility index (Phi) is 5.99. The smallest absolute Gasteiger partial charge is 0.355 e. The molecule has 0 aromatic heterocycles. The third-order valence-corrected chi connectivity index (χ3v) is 4.07. The highest BCUT2D eigenvalue weighted by Gasteiger charge is 2.33. The number of nitrogens with zero attached hydrogens (tertiary/aromatic N) is 2. The minimum Gasteiger partial charge on any atom is -0.466 e. The molecule has 26 heavy (non-hydrogen) atoms. The first-order valence-corrected chi connectivity index (χ1v) is 7.89. The van der Waals surface area contributed by atoms with E-state index in [1.807, 2.05) is 0 Å². The Morgan fingerprint density at radius 2 is 1.77 bits per heavy atom. The summed E-state index contributed by atoms with van der Waals surface area (Å²) in [5.74, 6) is -1.52. The Morgan fingerprint density at radius 3 is 2.35 bits per heavy atom. The van der Waals surface area contributed by atoms with Crippen LogP contribution in [0.5, 0.6) is 0 Å². The molecule has 0 N–H and O–H groups in total. The highest BCUT2D eigenvalue weighted by Crippen LogP contribution is 2.31. The molecule has 1 aliphatic heterocycles. The van der Waals surface area contributed by atoms with Gasteiger partial charge in [0, 0.05) is 25.3 Å². The second-order valence-electron chi connectivity index (χ2n) is 5.87. The van der Waals surface area contributed by atoms with Crippen LogP contribution in [0.2, 0.25) is 0 Å². The summed E-state index contributed by atoms with van der Waals surface area (Å²) in [6.45, 7) is 1.74. The molecule has 0 bridgehead atoms. The van der Waals surface area contributed by atoms with Crippen molar-refractivity contribution in [1.29, 1.82) is 0 Å². The molecule has 0 fully saturated rings. The van der Waals surface area contributed by atoms with Gasteiger partial charge in [-0.15, -0.1) is 0 Å². The molecule has 2 rings (SSSR count). The number of ether oxygens (including phenoxy) is 3. The zero-order valence-corrected chi connectivity index (χ0v) is 15.5. The average molecular weight is 362 g/mol. The Labute approximate surface area is 151 Å². The largest absolute Gasteiger partial charge is 0.466 e. The van der Waals surface area contributed by atoms with Gasteiger partial charge in [0.25, 0.3) is 5.91 Å². The number of benzene rings is 1. The fraction of sp³-hybridized carbons (Fsp3) is 0.389. The number of methoxy groups -OCH3 is 2. The van der Waals surface area contributed by atoms with Crippen LogP contribution in [-0.2, 0) is 23.8 Å². The number of hydrogen-bond donors (Lipinski definition) is 0. The molecule has 8 heteroatoms. The van der Waals surface area contributed by atoms with Crippen molar-refractivity contribution in [3.8, 4) is 0 Å². The van der Waals surface area contributed by atoms with Gasteiger partial charge in [-0.25, -0.2) is 9.59 Å². The molecule has 8 nitrogen and oxygen atoms in total. The van der Waals surface area contributed by atoms with Crippen molar-refractivity contribution in [2.24, 2.45) is 0 Å². The molecule has 0 unspecified atom stereocenters. The quantitative estimate of drug-likeness (QED) is 0.741. The molecule has 1 amide bonds. The molecule has 1 aromatic carbocycles. The van der Waals surface area contributed by atoms with Gasteiger partial charge < -0.3 is 24.0 Å². The number of esters is 2. The lowest BCUT2D eigenvalue weighted by atomic mass is 10.0. The fourth-order valence-electron chi connectivity index (χ4n) is 2.72. The lowest BCUT2D eigenvalue weighted by molar-refractivity contribution is -0.140. The van der Waals surface area contributed by atoms with Crippen LogP contribution < -0.4 is 4.90 Å². The van der Waals surface area contributed by atoms with E-state index in [9.17, 15) is 14.4 Å². The van der Waals surface area contributed by atoms with E-state index >= 15 is 0 Å². The molecule has 0 spiro atoms. The maximum absolute atomic E-state index is 12.4. The highest BCUT2D eigenvalue weighted by molar-refractivity contribution is 6.04. The van der Waals surface area contributed by atoms with E-state index in [1.165, 1.54) is 24.0 Å². The first-order chi connectivity index (χ1) is 12.3. The first-order valence-electron chi connectivity index (χ1n) is 7.89. The Bertz CT molecular complexity index is 769. The summed E-state index contributed by atoms with van der Waals surface area (Å²) in [4.78, 5) is 39.8. The third kappa shape index (κ3) is 3.55. The van der Waals surface area contributed by atoms with Crippen molar-refractivity contribution in [1.82, 2.24) is 4.90 Å². The summed E-state index contributed by atoms with van der Waals surface area (Å²) >= 11 is 0. The predicted molar refractivity (Wildman–Crippen MR) is 93.6 cm³/mol. The molecule has 1 aliphatic rings. The van der Waals surface area contributed by atoms with Crippen LogP contribution in [0.1, 0.15) is 15.9 Å². The van der Waals surface area contributed by atoms with Crippen molar-refractivity contribution < 1.29 is 28.6 Å². The SMILES string of the molecule is COC(=O)C1=C(C(=O)OC)N(c2cccc(C(=O)N(C)C)c2C)COC1. The van der Waals surface area contributed by atoms with Gasteiger partial charge in [-0.05, 0) is 24.6 Å². The first kappa shape index (κ1) is 19.5. The van der Waals surface area contributed by atoms with E-state index in [-0.39, 0.29) is 30.5 Å². The number of rotatable bonds is 4. The van der Waals surface area contributed by atoms with Gasteiger partial charge >= 0.3 is 11.9 Å². The van der Waals surface area contributed by atoms with E-state index in [4.69, 9.17) is 14.2 Å². The molecule has 0 atom stereocenters. The van der Waals surface area contributed by atoms with Gasteiger partial charge in [0.05, 0.1) is 26.4 Å². The average Bonchev–Trinajstić information content (AvgIpc) is 2.65. The maximum atomic E-state index is 12.4. The van der Waals surface area contributed by atoms with Crippen LogP contribution in [0.3, 0.4) is 0 Å². The second kappa shape index (κ2) is 8.01. The predicted octanol–water partition coefficient (Wildman–Crippen LogP) is 1.09. The van der Waals surface area contributed by atoms with Gasteiger partial charge in [-0.2, -0.15) is 0 Å². The molecule has 0 aliphatic carbocycles. The van der Waals surface area contributed by atoms with E-state index in [0.717, 1.165) is 0 Å². The molecular weight excluding hydrogens is 340 g/mol. The van der Waals surface area contributed by atoms with Crippen LogP contribution in [0.15, 0.2) is 29.5 Å². The van der Waals surface area contributed by atoms with Crippen molar-refractivity contribution in [2.75, 3.05) is 46.6 Å². The summed E-state index contributed by atoms with van der Waals surface area (Å²) in [5.41, 5.74) is 1.82. The normalized spacial score (nSPS) is 14.1. The Balaban J connectivity index is 2.62. The van der Waals surface area contributed by atoms with Gasteiger partial charge in [0.15, 0.2) is 0 Å². The van der Waals surface area contributed by atoms with Crippen molar-refractivity contribution >= 4 is 23.5 Å².